The average Bonchev–Trinajstić information content (AvgIpc) is 2.80. The molecule has 2 N–H and O–H groups in total. The number of aromatic hydroxyl groups is 1. The van der Waals surface area contributed by atoms with E-state index in [2.05, 4.69) is 5.32 Å². The number of rotatable bonds is 4. The van der Waals surface area contributed by atoms with E-state index >= 15 is 0 Å². The molecule has 1 heterocycles. The third kappa shape index (κ3) is 3.64. The van der Waals surface area contributed by atoms with Crippen LogP contribution in [0.5, 0.6) is 5.75 Å². The summed E-state index contributed by atoms with van der Waals surface area (Å²) in [6.07, 6.45) is 1.37. The van der Waals surface area contributed by atoms with Crippen LogP contribution in [0.15, 0.2) is 12.1 Å². The molecule has 1 aliphatic rings. The van der Waals surface area contributed by atoms with E-state index in [9.17, 15) is 19.1 Å². The highest BCUT2D eigenvalue weighted by molar-refractivity contribution is 6.32. The number of amides is 2. The van der Waals surface area contributed by atoms with Crippen molar-refractivity contribution in [3.8, 4) is 5.75 Å². The van der Waals surface area contributed by atoms with Crippen LogP contribution in [0.4, 0.5) is 4.39 Å². The number of nitrogens with zero attached hydrogens (tertiary/aromatic N) is 1. The SMILES string of the molecule is CC(CN1CCCC1=O)NC(=O)c1cc(F)c(O)c(Cl)c1. The molecular weight excluding hydrogens is 299 g/mol. The lowest BCUT2D eigenvalue weighted by molar-refractivity contribution is -0.127. The highest BCUT2D eigenvalue weighted by Crippen LogP contribution is 2.27. The fourth-order valence-corrected chi connectivity index (χ4v) is 2.48. The Hall–Kier alpha value is -1.82. The summed E-state index contributed by atoms with van der Waals surface area (Å²) in [5, 5.41) is 11.7. The number of hydrogen-bond donors (Lipinski definition) is 2. The number of likely N-dealkylation sites (tertiary alicyclic amines) is 1. The molecule has 0 spiro atoms. The van der Waals surface area contributed by atoms with Gasteiger partial charge in [-0.2, -0.15) is 0 Å². The number of phenolic OH excluding ortho intramolecular Hbond substituents is 1. The predicted octanol–water partition coefficient (Wildman–Crippen LogP) is 1.93. The fourth-order valence-electron chi connectivity index (χ4n) is 2.28. The number of hydrogen-bond acceptors (Lipinski definition) is 3. The van der Waals surface area contributed by atoms with Gasteiger partial charge >= 0.3 is 0 Å². The molecule has 2 amide bonds. The second-order valence-corrected chi connectivity index (χ2v) is 5.51. The highest BCUT2D eigenvalue weighted by atomic mass is 35.5. The molecule has 1 saturated heterocycles. The Kier molecular flexibility index (Phi) is 4.67. The number of benzene rings is 1. The van der Waals surface area contributed by atoms with E-state index in [0.717, 1.165) is 12.5 Å². The molecule has 0 radical (unpaired) electrons. The Morgan fingerprint density at radius 1 is 1.57 bits per heavy atom. The van der Waals surface area contributed by atoms with Crippen LogP contribution in [-0.2, 0) is 4.79 Å². The summed E-state index contributed by atoms with van der Waals surface area (Å²) in [6.45, 7) is 2.87. The van der Waals surface area contributed by atoms with Gasteiger partial charge in [-0.05, 0) is 25.5 Å². The molecule has 114 valence electrons. The first-order valence-corrected chi connectivity index (χ1v) is 7.03. The maximum Gasteiger partial charge on any atom is 0.251 e. The van der Waals surface area contributed by atoms with Gasteiger partial charge in [0.05, 0.1) is 5.02 Å². The monoisotopic (exact) mass is 314 g/mol. The number of halogens is 2. The quantitative estimate of drug-likeness (QED) is 0.892. The molecule has 1 aromatic rings. The van der Waals surface area contributed by atoms with Crippen molar-refractivity contribution in [2.45, 2.75) is 25.8 Å². The van der Waals surface area contributed by atoms with Gasteiger partial charge in [-0.25, -0.2) is 4.39 Å². The minimum absolute atomic E-state index is 0.0231. The van der Waals surface area contributed by atoms with Gasteiger partial charge in [0.25, 0.3) is 5.91 Å². The molecule has 1 unspecified atom stereocenters. The van der Waals surface area contributed by atoms with E-state index in [-0.39, 0.29) is 22.5 Å². The van der Waals surface area contributed by atoms with Gasteiger partial charge in [0, 0.05) is 31.1 Å². The van der Waals surface area contributed by atoms with Gasteiger partial charge < -0.3 is 15.3 Å². The van der Waals surface area contributed by atoms with E-state index in [1.807, 2.05) is 0 Å². The van der Waals surface area contributed by atoms with Crippen LogP contribution in [0.3, 0.4) is 0 Å². The van der Waals surface area contributed by atoms with E-state index in [1.165, 1.54) is 6.07 Å². The number of phenols is 1. The molecule has 2 rings (SSSR count). The summed E-state index contributed by atoms with van der Waals surface area (Å²) in [7, 11) is 0. The second kappa shape index (κ2) is 6.30. The molecule has 1 fully saturated rings. The lowest BCUT2D eigenvalue weighted by Gasteiger charge is -2.21. The molecule has 0 saturated carbocycles. The zero-order valence-electron chi connectivity index (χ0n) is 11.5. The van der Waals surface area contributed by atoms with Gasteiger partial charge in [-0.1, -0.05) is 11.6 Å². The Bertz CT molecular complexity index is 556. The summed E-state index contributed by atoms with van der Waals surface area (Å²) in [6, 6.07) is 1.85. The maximum absolute atomic E-state index is 13.3. The summed E-state index contributed by atoms with van der Waals surface area (Å²) >= 11 is 5.63. The van der Waals surface area contributed by atoms with E-state index in [1.54, 1.807) is 11.8 Å². The van der Waals surface area contributed by atoms with Crippen molar-refractivity contribution in [2.75, 3.05) is 13.1 Å². The van der Waals surface area contributed by atoms with Crippen molar-refractivity contribution in [3.63, 3.8) is 0 Å². The predicted molar refractivity (Wildman–Crippen MR) is 75.8 cm³/mol. The Balaban J connectivity index is 1.99. The smallest absolute Gasteiger partial charge is 0.251 e. The lowest BCUT2D eigenvalue weighted by atomic mass is 10.1. The summed E-state index contributed by atoms with van der Waals surface area (Å²) < 4.78 is 13.3. The third-order valence-electron chi connectivity index (χ3n) is 3.32. The van der Waals surface area contributed by atoms with Crippen LogP contribution >= 0.6 is 11.6 Å². The molecule has 1 aromatic carbocycles. The summed E-state index contributed by atoms with van der Waals surface area (Å²) in [5.74, 6) is -2.05. The van der Waals surface area contributed by atoms with Crippen LogP contribution in [0.25, 0.3) is 0 Å². The molecule has 21 heavy (non-hydrogen) atoms. The molecule has 0 aromatic heterocycles. The van der Waals surface area contributed by atoms with E-state index in [4.69, 9.17) is 11.6 Å². The van der Waals surface area contributed by atoms with Crippen molar-refractivity contribution >= 4 is 23.4 Å². The van der Waals surface area contributed by atoms with Crippen LogP contribution in [0, 0.1) is 5.82 Å². The lowest BCUT2D eigenvalue weighted by Crippen LogP contribution is -2.42. The molecule has 1 atom stereocenters. The zero-order chi connectivity index (χ0) is 15.6. The van der Waals surface area contributed by atoms with Crippen LogP contribution < -0.4 is 5.32 Å². The maximum atomic E-state index is 13.3. The number of carbonyl (C=O) groups excluding carboxylic acids is 2. The minimum atomic E-state index is -0.949. The van der Waals surface area contributed by atoms with Crippen molar-refractivity contribution in [3.05, 3.63) is 28.5 Å². The van der Waals surface area contributed by atoms with E-state index < -0.39 is 17.5 Å². The normalized spacial score (nSPS) is 16.1. The van der Waals surface area contributed by atoms with Gasteiger partial charge in [-0.3, -0.25) is 9.59 Å². The highest BCUT2D eigenvalue weighted by Gasteiger charge is 2.23. The molecule has 7 heteroatoms. The Morgan fingerprint density at radius 3 is 2.86 bits per heavy atom. The molecule has 5 nitrogen and oxygen atoms in total. The number of carbonyl (C=O) groups is 2. The summed E-state index contributed by atoms with van der Waals surface area (Å²) in [4.78, 5) is 25.2. The second-order valence-electron chi connectivity index (χ2n) is 5.11. The molecule has 0 aliphatic carbocycles. The Morgan fingerprint density at radius 2 is 2.29 bits per heavy atom. The summed E-state index contributed by atoms with van der Waals surface area (Å²) in [5.41, 5.74) is 0.0231. The van der Waals surface area contributed by atoms with E-state index in [0.29, 0.717) is 19.5 Å². The fraction of sp³-hybridized carbons (Fsp3) is 0.429. The first-order chi connectivity index (χ1) is 9.88. The molecule has 0 bridgehead atoms. The van der Waals surface area contributed by atoms with Crippen molar-refractivity contribution in [2.24, 2.45) is 0 Å². The zero-order valence-corrected chi connectivity index (χ0v) is 12.3. The minimum Gasteiger partial charge on any atom is -0.504 e. The topological polar surface area (TPSA) is 69.6 Å². The van der Waals surface area contributed by atoms with Crippen LogP contribution in [-0.4, -0.2) is 41.0 Å². The van der Waals surface area contributed by atoms with Crippen LogP contribution in [0.1, 0.15) is 30.1 Å². The standard InChI is InChI=1S/C14H16ClFN2O3/c1-8(7-18-4-2-3-12(18)19)17-14(21)9-5-10(15)13(20)11(16)6-9/h5-6,8,20H,2-4,7H2,1H3,(H,17,21). The van der Waals surface area contributed by atoms with Crippen molar-refractivity contribution < 1.29 is 19.1 Å². The van der Waals surface area contributed by atoms with Gasteiger partial charge in [-0.15, -0.1) is 0 Å². The van der Waals surface area contributed by atoms with Crippen molar-refractivity contribution in [1.82, 2.24) is 10.2 Å². The average molecular weight is 315 g/mol. The van der Waals surface area contributed by atoms with Gasteiger partial charge in [0.15, 0.2) is 11.6 Å². The largest absolute Gasteiger partial charge is 0.504 e. The van der Waals surface area contributed by atoms with Gasteiger partial charge in [0.2, 0.25) is 5.91 Å². The first kappa shape index (κ1) is 15.6. The number of nitrogens with one attached hydrogen (secondary N) is 1. The van der Waals surface area contributed by atoms with Gasteiger partial charge in [0.1, 0.15) is 0 Å². The molecular formula is C14H16ClFN2O3. The molecule has 1 aliphatic heterocycles. The first-order valence-electron chi connectivity index (χ1n) is 6.65. The van der Waals surface area contributed by atoms with Crippen LogP contribution in [0.2, 0.25) is 5.02 Å². The van der Waals surface area contributed by atoms with Crippen molar-refractivity contribution in [1.29, 1.82) is 0 Å². The third-order valence-corrected chi connectivity index (χ3v) is 3.61. The Labute approximate surface area is 126 Å².